The van der Waals surface area contributed by atoms with E-state index < -0.39 is 0 Å². The van der Waals surface area contributed by atoms with Crippen LogP contribution in [0.15, 0.2) is 0 Å². The Balaban J connectivity index is 3.88. The molecular weight excluding hydrogens is 296 g/mol. The Morgan fingerprint density at radius 1 is 0.364 bits per heavy atom. The van der Waals surface area contributed by atoms with E-state index in [4.69, 9.17) is 0 Å². The van der Waals surface area contributed by atoms with E-state index in [1.807, 2.05) is 0 Å². The maximum atomic E-state index is 2.36. The minimum Gasteiger partial charge on any atom is -0.0654 e. The second-order valence-corrected chi connectivity index (χ2v) is 14.5. The van der Waals surface area contributed by atoms with E-state index in [0.29, 0.717) is 0 Å². The summed E-state index contributed by atoms with van der Waals surface area (Å²) in [6, 6.07) is 9.91. The molecule has 0 saturated carbocycles. The number of unbranched alkanes of at least 4 members (excludes halogenated alkanes) is 5. The van der Waals surface area contributed by atoms with Gasteiger partial charge in [0.15, 0.2) is 0 Å². The zero-order chi connectivity index (χ0) is 16.5. The third-order valence-electron chi connectivity index (χ3n) is 5.34. The quantitative estimate of drug-likeness (QED) is 0.190. The lowest BCUT2D eigenvalue weighted by atomic mass is 10.4. The Labute approximate surface area is 146 Å². The van der Waals surface area contributed by atoms with E-state index in [2.05, 4.69) is 27.7 Å². The van der Waals surface area contributed by atoms with Gasteiger partial charge in [-0.2, -0.15) is 0 Å². The van der Waals surface area contributed by atoms with Crippen molar-refractivity contribution in [3.63, 3.8) is 0 Å². The van der Waals surface area contributed by atoms with E-state index in [-0.39, 0.29) is 17.6 Å². The van der Waals surface area contributed by atoms with Crippen LogP contribution in [0.4, 0.5) is 0 Å². The van der Waals surface area contributed by atoms with Gasteiger partial charge in [-0.05, 0) is 0 Å². The van der Waals surface area contributed by atoms with Gasteiger partial charge in [-0.15, -0.1) is 0 Å². The normalized spacial score (nSPS) is 11.7. The maximum absolute atomic E-state index is 2.36. The fraction of sp³-hybridized carbons (Fsp3) is 1.00. The van der Waals surface area contributed by atoms with Crippen molar-refractivity contribution >= 4 is 17.6 Å². The second-order valence-electron chi connectivity index (χ2n) is 7.59. The van der Waals surface area contributed by atoms with Crippen LogP contribution in [0.2, 0.25) is 36.3 Å². The molecule has 0 aliphatic carbocycles. The molecule has 0 N–H and O–H groups in total. The van der Waals surface area contributed by atoms with Gasteiger partial charge in [0.05, 0.1) is 0 Å². The van der Waals surface area contributed by atoms with E-state index in [0.717, 1.165) is 0 Å². The highest BCUT2D eigenvalue weighted by Gasteiger charge is 2.12. The largest absolute Gasteiger partial charge is 0.0654 e. The summed E-state index contributed by atoms with van der Waals surface area (Å²) in [6.07, 6.45) is 14.9. The summed E-state index contributed by atoms with van der Waals surface area (Å²) in [5.41, 5.74) is 0. The summed E-state index contributed by atoms with van der Waals surface area (Å²) in [6.45, 7) is 9.46. The molecular formula is C20H46Si2. The molecule has 134 valence electrons. The second kappa shape index (κ2) is 17.8. The Hall–Kier alpha value is 0.434. The first-order chi connectivity index (χ1) is 10.8. The highest BCUT2D eigenvalue weighted by molar-refractivity contribution is 6.59. The van der Waals surface area contributed by atoms with Crippen molar-refractivity contribution in [2.24, 2.45) is 0 Å². The first-order valence-corrected chi connectivity index (χ1v) is 15.7. The number of hydrogen-bond acceptors (Lipinski definition) is 0. The topological polar surface area (TPSA) is 0 Å². The summed E-state index contributed by atoms with van der Waals surface area (Å²) in [4.78, 5) is 0. The van der Waals surface area contributed by atoms with Crippen LogP contribution < -0.4 is 0 Å². The summed E-state index contributed by atoms with van der Waals surface area (Å²) in [5.74, 6) is 0. The zero-order valence-corrected chi connectivity index (χ0v) is 18.8. The van der Waals surface area contributed by atoms with Crippen LogP contribution in [0.5, 0.6) is 0 Å². The lowest BCUT2D eigenvalue weighted by molar-refractivity contribution is 0.794. The minimum atomic E-state index is -0.361. The van der Waals surface area contributed by atoms with E-state index in [1.165, 1.54) is 51.4 Å². The molecule has 0 atom stereocenters. The summed E-state index contributed by atoms with van der Waals surface area (Å²) in [7, 11) is -0.722. The van der Waals surface area contributed by atoms with Crippen LogP contribution in [-0.4, -0.2) is 17.6 Å². The summed E-state index contributed by atoms with van der Waals surface area (Å²) < 4.78 is 0. The molecule has 0 aromatic rings. The molecule has 0 rings (SSSR count). The van der Waals surface area contributed by atoms with Crippen LogP contribution in [-0.2, 0) is 0 Å². The van der Waals surface area contributed by atoms with Crippen molar-refractivity contribution in [1.82, 2.24) is 0 Å². The zero-order valence-electron chi connectivity index (χ0n) is 16.5. The monoisotopic (exact) mass is 342 g/mol. The Morgan fingerprint density at radius 2 is 0.591 bits per heavy atom. The van der Waals surface area contributed by atoms with Gasteiger partial charge in [0.1, 0.15) is 0 Å². The number of hydrogen-bond donors (Lipinski definition) is 0. The molecule has 0 aliphatic rings. The predicted molar refractivity (Wildman–Crippen MR) is 112 cm³/mol. The molecule has 22 heavy (non-hydrogen) atoms. The van der Waals surface area contributed by atoms with Crippen molar-refractivity contribution in [3.05, 3.63) is 0 Å². The molecule has 0 aromatic carbocycles. The Morgan fingerprint density at radius 3 is 0.818 bits per heavy atom. The van der Waals surface area contributed by atoms with Gasteiger partial charge in [0.25, 0.3) is 0 Å². The van der Waals surface area contributed by atoms with Gasteiger partial charge in [0, 0.05) is 17.6 Å². The SMILES string of the molecule is CCCC[SiH](CCCC)CCCC[SiH](CCCC)CCCC. The molecule has 0 unspecified atom stereocenters. The Bertz CT molecular complexity index is 168. The third kappa shape index (κ3) is 14.1. The molecule has 2 heteroatoms. The lowest BCUT2D eigenvalue weighted by Crippen LogP contribution is -2.14. The van der Waals surface area contributed by atoms with E-state index in [1.54, 1.807) is 49.1 Å². The average molecular weight is 343 g/mol. The standard InChI is InChI=1S/C20H46Si2/c1-5-9-15-21(16-10-6-2)19-13-14-20-22(17-11-7-3)18-12-8-4/h21-22H,5-20H2,1-4H3. The van der Waals surface area contributed by atoms with Crippen LogP contribution in [0.1, 0.15) is 91.9 Å². The lowest BCUT2D eigenvalue weighted by Gasteiger charge is -2.17. The maximum Gasteiger partial charge on any atom is 0.0367 e. The summed E-state index contributed by atoms with van der Waals surface area (Å²) in [5, 5.41) is 0. The molecule has 0 saturated heterocycles. The molecule has 0 aromatic heterocycles. The molecule has 0 heterocycles. The van der Waals surface area contributed by atoms with Crippen molar-refractivity contribution in [3.8, 4) is 0 Å². The summed E-state index contributed by atoms with van der Waals surface area (Å²) >= 11 is 0. The fourth-order valence-electron chi connectivity index (χ4n) is 3.70. The van der Waals surface area contributed by atoms with Crippen molar-refractivity contribution < 1.29 is 0 Å². The van der Waals surface area contributed by atoms with Gasteiger partial charge in [0.2, 0.25) is 0 Å². The van der Waals surface area contributed by atoms with Crippen molar-refractivity contribution in [1.29, 1.82) is 0 Å². The van der Waals surface area contributed by atoms with Crippen LogP contribution in [0, 0.1) is 0 Å². The van der Waals surface area contributed by atoms with Gasteiger partial charge in [-0.3, -0.25) is 0 Å². The smallest absolute Gasteiger partial charge is 0.0367 e. The van der Waals surface area contributed by atoms with E-state index >= 15 is 0 Å². The molecule has 0 radical (unpaired) electrons. The van der Waals surface area contributed by atoms with Gasteiger partial charge in [-0.25, -0.2) is 0 Å². The van der Waals surface area contributed by atoms with Crippen molar-refractivity contribution in [2.45, 2.75) is 128 Å². The molecule has 0 fully saturated rings. The van der Waals surface area contributed by atoms with Gasteiger partial charge >= 0.3 is 0 Å². The molecule has 0 amide bonds. The molecule has 0 spiro atoms. The first kappa shape index (κ1) is 22.4. The van der Waals surface area contributed by atoms with Gasteiger partial charge < -0.3 is 0 Å². The fourth-order valence-corrected chi connectivity index (χ4v) is 11.1. The predicted octanol–water partition coefficient (Wildman–Crippen LogP) is 7.42. The minimum absolute atomic E-state index is 0.361. The third-order valence-corrected chi connectivity index (χ3v) is 12.7. The first-order valence-electron chi connectivity index (χ1n) is 10.8. The van der Waals surface area contributed by atoms with Crippen LogP contribution in [0.25, 0.3) is 0 Å². The van der Waals surface area contributed by atoms with Crippen LogP contribution >= 0.6 is 0 Å². The molecule has 0 bridgehead atoms. The number of rotatable bonds is 17. The highest BCUT2D eigenvalue weighted by atomic mass is 28.3. The average Bonchev–Trinajstić information content (AvgIpc) is 2.54. The van der Waals surface area contributed by atoms with Crippen LogP contribution in [0.3, 0.4) is 0 Å². The van der Waals surface area contributed by atoms with Gasteiger partial charge in [-0.1, -0.05) is 128 Å². The molecule has 0 nitrogen and oxygen atoms in total. The van der Waals surface area contributed by atoms with Crippen molar-refractivity contribution in [2.75, 3.05) is 0 Å². The Kier molecular flexibility index (Phi) is 18.1. The van der Waals surface area contributed by atoms with E-state index in [9.17, 15) is 0 Å². The highest BCUT2D eigenvalue weighted by Crippen LogP contribution is 2.20. The molecule has 0 aliphatic heterocycles.